The number of hydrogen-bond donors (Lipinski definition) is 2. The van der Waals surface area contributed by atoms with Gasteiger partial charge in [0.1, 0.15) is 0 Å². The predicted octanol–water partition coefficient (Wildman–Crippen LogP) is 1.78. The largest absolute Gasteiger partial charge is 0.478 e. The maximum Gasteiger partial charge on any atom is 0.336 e. The number of anilines is 1. The second kappa shape index (κ2) is 6.78. The molecule has 0 atom stereocenters. The quantitative estimate of drug-likeness (QED) is 0.886. The lowest BCUT2D eigenvalue weighted by Crippen LogP contribution is -2.45. The van der Waals surface area contributed by atoms with E-state index < -0.39 is 5.97 Å². The van der Waals surface area contributed by atoms with Crippen LogP contribution in [-0.2, 0) is 4.79 Å². The van der Waals surface area contributed by atoms with Gasteiger partial charge in [0, 0.05) is 38.5 Å². The van der Waals surface area contributed by atoms with Gasteiger partial charge in [-0.1, -0.05) is 0 Å². The van der Waals surface area contributed by atoms with Gasteiger partial charge in [-0.05, 0) is 18.9 Å². The Kier molecular flexibility index (Phi) is 5.02. The average molecular weight is 325 g/mol. The fraction of sp³-hybridized carbons (Fsp3) is 0.500. The first-order chi connectivity index (χ1) is 10.4. The zero-order valence-electron chi connectivity index (χ0n) is 12.5. The second-order valence-electron chi connectivity index (χ2n) is 5.43. The lowest BCUT2D eigenvalue weighted by molar-refractivity contribution is -0.121. The molecule has 1 aliphatic heterocycles. The average Bonchev–Trinajstić information content (AvgIpc) is 2.95. The number of carbonyl (C=O) groups is 3. The van der Waals surface area contributed by atoms with E-state index in [1.165, 1.54) is 27.7 Å². The van der Waals surface area contributed by atoms with Gasteiger partial charge in [0.2, 0.25) is 5.91 Å². The van der Waals surface area contributed by atoms with Gasteiger partial charge in [-0.2, -0.15) is 0 Å². The highest BCUT2D eigenvalue weighted by atomic mass is 32.1. The monoisotopic (exact) mass is 325 g/mol. The summed E-state index contributed by atoms with van der Waals surface area (Å²) < 4.78 is 0. The van der Waals surface area contributed by atoms with Gasteiger partial charge >= 0.3 is 12.0 Å². The van der Waals surface area contributed by atoms with Gasteiger partial charge < -0.3 is 20.2 Å². The highest BCUT2D eigenvalue weighted by molar-refractivity contribution is 7.14. The van der Waals surface area contributed by atoms with Crippen molar-refractivity contribution in [3.8, 4) is 0 Å². The van der Waals surface area contributed by atoms with Crippen molar-refractivity contribution in [2.45, 2.75) is 12.8 Å². The molecule has 120 valence electrons. The first kappa shape index (κ1) is 16.3. The van der Waals surface area contributed by atoms with E-state index in [0.717, 1.165) is 0 Å². The van der Waals surface area contributed by atoms with Gasteiger partial charge in [0.25, 0.3) is 0 Å². The molecule has 3 amide bonds. The summed E-state index contributed by atoms with van der Waals surface area (Å²) in [5, 5.41) is 13.6. The number of aromatic carboxylic acids is 1. The summed E-state index contributed by atoms with van der Waals surface area (Å²) >= 11 is 1.20. The number of nitrogens with one attached hydrogen (secondary N) is 1. The van der Waals surface area contributed by atoms with E-state index in [1.54, 1.807) is 19.0 Å². The molecule has 7 nitrogen and oxygen atoms in total. The summed E-state index contributed by atoms with van der Waals surface area (Å²) in [7, 11) is 3.41. The molecule has 0 bridgehead atoms. The van der Waals surface area contributed by atoms with Gasteiger partial charge in [0.05, 0.1) is 10.6 Å². The molecule has 0 saturated carbocycles. The van der Waals surface area contributed by atoms with Crippen LogP contribution in [0, 0.1) is 5.92 Å². The van der Waals surface area contributed by atoms with Crippen LogP contribution in [0.5, 0.6) is 0 Å². The molecular formula is C14H19N3O4S. The van der Waals surface area contributed by atoms with Crippen molar-refractivity contribution in [2.75, 3.05) is 32.5 Å². The Labute approximate surface area is 132 Å². The Balaban J connectivity index is 1.87. The zero-order chi connectivity index (χ0) is 16.3. The fourth-order valence-corrected chi connectivity index (χ4v) is 3.13. The molecule has 1 aromatic rings. The molecule has 0 aromatic carbocycles. The molecule has 0 spiro atoms. The Bertz CT molecular complexity index is 576. The summed E-state index contributed by atoms with van der Waals surface area (Å²) in [5.41, 5.74) is 0.173. The minimum atomic E-state index is -1.01. The maximum absolute atomic E-state index is 12.2. The standard InChI is InChI=1S/C14H19N3O4S/c1-16(2)14(21)17-5-3-9(4-6-17)12(18)15-11-7-10(8-22-11)13(19)20/h7-9H,3-6H2,1-2H3,(H,15,18)(H,19,20). The van der Waals surface area contributed by atoms with E-state index in [9.17, 15) is 14.4 Å². The van der Waals surface area contributed by atoms with Crippen molar-refractivity contribution < 1.29 is 19.5 Å². The molecule has 1 aromatic heterocycles. The number of carboxylic acids is 1. The van der Waals surface area contributed by atoms with Gasteiger partial charge in [-0.15, -0.1) is 11.3 Å². The SMILES string of the molecule is CN(C)C(=O)N1CCC(C(=O)Nc2cc(C(=O)O)cs2)CC1. The Morgan fingerprint density at radius 3 is 2.45 bits per heavy atom. The summed E-state index contributed by atoms with van der Waals surface area (Å²) in [4.78, 5) is 38.1. The number of rotatable bonds is 3. The van der Waals surface area contributed by atoms with Crippen molar-refractivity contribution in [1.29, 1.82) is 0 Å². The molecule has 1 saturated heterocycles. The van der Waals surface area contributed by atoms with Crippen LogP contribution in [0.15, 0.2) is 11.4 Å². The van der Waals surface area contributed by atoms with Crippen LogP contribution in [0.4, 0.5) is 9.80 Å². The number of amides is 3. The fourth-order valence-electron chi connectivity index (χ4n) is 2.35. The second-order valence-corrected chi connectivity index (χ2v) is 6.34. The number of likely N-dealkylation sites (tertiary alicyclic amines) is 1. The number of hydrogen-bond acceptors (Lipinski definition) is 4. The Morgan fingerprint density at radius 2 is 1.95 bits per heavy atom. The highest BCUT2D eigenvalue weighted by Gasteiger charge is 2.28. The number of urea groups is 1. The Morgan fingerprint density at radius 1 is 1.32 bits per heavy atom. The number of nitrogens with zero attached hydrogens (tertiary/aromatic N) is 2. The molecule has 8 heteroatoms. The molecule has 2 heterocycles. The summed E-state index contributed by atoms with van der Waals surface area (Å²) in [5.74, 6) is -1.27. The topological polar surface area (TPSA) is 90.0 Å². The molecule has 1 aliphatic rings. The van der Waals surface area contributed by atoms with Crippen LogP contribution in [0.1, 0.15) is 23.2 Å². The van der Waals surface area contributed by atoms with Gasteiger partial charge in [-0.3, -0.25) is 4.79 Å². The first-order valence-electron chi connectivity index (χ1n) is 6.97. The van der Waals surface area contributed by atoms with Gasteiger partial charge in [-0.25, -0.2) is 9.59 Å². The Hall–Kier alpha value is -2.09. The molecule has 0 aliphatic carbocycles. The number of piperidine rings is 1. The lowest BCUT2D eigenvalue weighted by atomic mass is 9.96. The molecule has 1 fully saturated rings. The van der Waals surface area contributed by atoms with Crippen LogP contribution >= 0.6 is 11.3 Å². The third-order valence-electron chi connectivity index (χ3n) is 3.61. The summed E-state index contributed by atoms with van der Waals surface area (Å²) in [6.45, 7) is 1.11. The van der Waals surface area contributed by atoms with E-state index in [2.05, 4.69) is 5.32 Å². The third kappa shape index (κ3) is 3.76. The van der Waals surface area contributed by atoms with Crippen molar-refractivity contribution in [1.82, 2.24) is 9.80 Å². The van der Waals surface area contributed by atoms with E-state index >= 15 is 0 Å². The molecule has 2 rings (SSSR count). The maximum atomic E-state index is 12.2. The lowest BCUT2D eigenvalue weighted by Gasteiger charge is -2.32. The van der Waals surface area contributed by atoms with Crippen LogP contribution in [-0.4, -0.2) is 60.0 Å². The van der Waals surface area contributed by atoms with Crippen LogP contribution in [0.3, 0.4) is 0 Å². The zero-order valence-corrected chi connectivity index (χ0v) is 13.4. The van der Waals surface area contributed by atoms with Crippen molar-refractivity contribution in [3.05, 3.63) is 17.0 Å². The number of carbonyl (C=O) groups excluding carboxylic acids is 2. The van der Waals surface area contributed by atoms with Crippen LogP contribution < -0.4 is 5.32 Å². The minimum absolute atomic E-state index is 0.0387. The van der Waals surface area contributed by atoms with E-state index in [0.29, 0.717) is 30.9 Å². The van der Waals surface area contributed by atoms with E-state index in [1.807, 2.05) is 0 Å². The molecule has 2 N–H and O–H groups in total. The highest BCUT2D eigenvalue weighted by Crippen LogP contribution is 2.24. The smallest absolute Gasteiger partial charge is 0.336 e. The third-order valence-corrected chi connectivity index (χ3v) is 4.46. The minimum Gasteiger partial charge on any atom is -0.478 e. The first-order valence-corrected chi connectivity index (χ1v) is 7.85. The molecule has 22 heavy (non-hydrogen) atoms. The van der Waals surface area contributed by atoms with Crippen LogP contribution in [0.25, 0.3) is 0 Å². The summed E-state index contributed by atoms with van der Waals surface area (Å²) in [6, 6.07) is 1.42. The number of carboxylic acid groups (broad SMARTS) is 1. The number of thiophene rings is 1. The molecular weight excluding hydrogens is 306 g/mol. The molecule has 0 radical (unpaired) electrons. The normalized spacial score (nSPS) is 15.5. The van der Waals surface area contributed by atoms with E-state index in [-0.39, 0.29) is 23.4 Å². The summed E-state index contributed by atoms with van der Waals surface area (Å²) in [6.07, 6.45) is 1.23. The van der Waals surface area contributed by atoms with Crippen molar-refractivity contribution >= 4 is 34.2 Å². The van der Waals surface area contributed by atoms with Crippen LogP contribution in [0.2, 0.25) is 0 Å². The molecule has 0 unspecified atom stereocenters. The van der Waals surface area contributed by atoms with E-state index in [4.69, 9.17) is 5.11 Å². The van der Waals surface area contributed by atoms with Crippen molar-refractivity contribution in [2.24, 2.45) is 5.92 Å². The van der Waals surface area contributed by atoms with Crippen molar-refractivity contribution in [3.63, 3.8) is 0 Å². The predicted molar refractivity (Wildman–Crippen MR) is 83.3 cm³/mol. The van der Waals surface area contributed by atoms with Gasteiger partial charge in [0.15, 0.2) is 0 Å².